The van der Waals surface area contributed by atoms with Gasteiger partial charge in [0.2, 0.25) is 0 Å². The third-order valence-corrected chi connectivity index (χ3v) is 1.22. The predicted octanol–water partition coefficient (Wildman–Crippen LogP) is 3.97. The summed E-state index contributed by atoms with van der Waals surface area (Å²) in [5.74, 6) is 0. The fourth-order valence-corrected chi connectivity index (χ4v) is 0.639. The van der Waals surface area contributed by atoms with Crippen LogP contribution in [0.4, 0.5) is 0 Å². The van der Waals surface area contributed by atoms with E-state index >= 15 is 0 Å². The van der Waals surface area contributed by atoms with Crippen LogP contribution in [0.25, 0.3) is 0 Å². The molecule has 0 aliphatic heterocycles. The van der Waals surface area contributed by atoms with Crippen molar-refractivity contribution in [3.05, 3.63) is 73.4 Å². The molecule has 0 aliphatic rings. The Labute approximate surface area is 81.0 Å². The van der Waals surface area contributed by atoms with Gasteiger partial charge in [-0.2, -0.15) is 0 Å². The molecule has 0 heteroatoms. The lowest BCUT2D eigenvalue weighted by molar-refractivity contribution is 1.73. The van der Waals surface area contributed by atoms with E-state index in [1.807, 2.05) is 67.7 Å². The summed E-state index contributed by atoms with van der Waals surface area (Å²) < 4.78 is 0. The van der Waals surface area contributed by atoms with E-state index in [2.05, 4.69) is 6.58 Å². The van der Waals surface area contributed by atoms with Gasteiger partial charge in [0.05, 0.1) is 0 Å². The van der Waals surface area contributed by atoms with Gasteiger partial charge in [-0.05, 0) is 6.92 Å². The van der Waals surface area contributed by atoms with Gasteiger partial charge in [-0.3, -0.25) is 0 Å². The zero-order valence-electron chi connectivity index (χ0n) is 8.06. The number of rotatable bonds is 5. The Morgan fingerprint density at radius 1 is 0.615 bits per heavy atom. The molecule has 0 bridgehead atoms. The average molecular weight is 172 g/mol. The van der Waals surface area contributed by atoms with Crippen LogP contribution in [-0.2, 0) is 0 Å². The standard InChI is InChI=1S/C13H16/c1-3-5-7-9-11-13-12-10-8-6-4-2/h3-13H,1H2,2H3/b6-4-,7-5-,10-8+,11-9-,13-12+. The summed E-state index contributed by atoms with van der Waals surface area (Å²) in [7, 11) is 0. The third-order valence-electron chi connectivity index (χ3n) is 1.22. The topological polar surface area (TPSA) is 0 Å². The van der Waals surface area contributed by atoms with Crippen LogP contribution >= 0.6 is 0 Å². The van der Waals surface area contributed by atoms with Crippen molar-refractivity contribution >= 4 is 0 Å². The van der Waals surface area contributed by atoms with Crippen molar-refractivity contribution in [1.29, 1.82) is 0 Å². The number of allylic oxidation sites excluding steroid dienone is 11. The maximum atomic E-state index is 3.57. The second kappa shape index (κ2) is 10.4. The zero-order chi connectivity index (χ0) is 9.78. The first-order valence-electron chi connectivity index (χ1n) is 4.32. The van der Waals surface area contributed by atoms with Gasteiger partial charge in [-0.1, -0.05) is 73.4 Å². The van der Waals surface area contributed by atoms with Gasteiger partial charge in [-0.15, -0.1) is 0 Å². The van der Waals surface area contributed by atoms with E-state index in [-0.39, 0.29) is 0 Å². The summed E-state index contributed by atoms with van der Waals surface area (Å²) in [5.41, 5.74) is 0. The molecule has 0 unspecified atom stereocenters. The number of hydrogen-bond acceptors (Lipinski definition) is 0. The van der Waals surface area contributed by atoms with Crippen molar-refractivity contribution < 1.29 is 0 Å². The van der Waals surface area contributed by atoms with Crippen LogP contribution < -0.4 is 0 Å². The van der Waals surface area contributed by atoms with Gasteiger partial charge < -0.3 is 0 Å². The molecular weight excluding hydrogens is 156 g/mol. The molecule has 13 heavy (non-hydrogen) atoms. The smallest absolute Gasteiger partial charge is 0.0467 e. The molecule has 0 fully saturated rings. The zero-order valence-corrected chi connectivity index (χ0v) is 8.06. The fraction of sp³-hybridized carbons (Fsp3) is 0.0769. The molecule has 0 aliphatic carbocycles. The lowest BCUT2D eigenvalue weighted by Crippen LogP contribution is -1.51. The maximum Gasteiger partial charge on any atom is -0.0467 e. The van der Waals surface area contributed by atoms with Crippen LogP contribution in [0.15, 0.2) is 73.4 Å². The summed E-state index contributed by atoms with van der Waals surface area (Å²) >= 11 is 0. The third kappa shape index (κ3) is 10.4. The van der Waals surface area contributed by atoms with Gasteiger partial charge in [0.15, 0.2) is 0 Å². The lowest BCUT2D eigenvalue weighted by atomic mass is 10.3. The molecule has 0 aromatic rings. The number of hydrogen-bond donors (Lipinski definition) is 0. The average Bonchev–Trinajstić information content (AvgIpc) is 2.16. The Kier molecular flexibility index (Phi) is 9.19. The van der Waals surface area contributed by atoms with E-state index in [0.29, 0.717) is 0 Å². The first kappa shape index (κ1) is 11.4. The van der Waals surface area contributed by atoms with Crippen molar-refractivity contribution in [3.8, 4) is 0 Å². The highest BCUT2D eigenvalue weighted by Gasteiger charge is 1.61. The second-order valence-electron chi connectivity index (χ2n) is 2.30. The predicted molar refractivity (Wildman–Crippen MR) is 61.6 cm³/mol. The Hall–Kier alpha value is -1.56. The highest BCUT2D eigenvalue weighted by atomic mass is 13.7. The van der Waals surface area contributed by atoms with Crippen LogP contribution in [0, 0.1) is 0 Å². The maximum absolute atomic E-state index is 3.57. The Morgan fingerprint density at radius 3 is 1.38 bits per heavy atom. The summed E-state index contributed by atoms with van der Waals surface area (Å²) in [4.78, 5) is 0. The highest BCUT2D eigenvalue weighted by molar-refractivity contribution is 5.18. The van der Waals surface area contributed by atoms with Gasteiger partial charge in [0, 0.05) is 0 Å². The van der Waals surface area contributed by atoms with E-state index in [9.17, 15) is 0 Å². The minimum atomic E-state index is 1.75. The van der Waals surface area contributed by atoms with Crippen molar-refractivity contribution in [3.63, 3.8) is 0 Å². The lowest BCUT2D eigenvalue weighted by Gasteiger charge is -1.73. The molecule has 0 amide bonds. The molecule has 0 atom stereocenters. The molecule has 0 nitrogen and oxygen atoms in total. The van der Waals surface area contributed by atoms with E-state index in [1.54, 1.807) is 6.08 Å². The van der Waals surface area contributed by atoms with Crippen LogP contribution in [0.3, 0.4) is 0 Å². The van der Waals surface area contributed by atoms with E-state index in [4.69, 9.17) is 0 Å². The molecule has 0 heterocycles. The summed E-state index contributed by atoms with van der Waals surface area (Å²) in [5, 5.41) is 0. The first-order chi connectivity index (χ1) is 6.41. The van der Waals surface area contributed by atoms with Crippen molar-refractivity contribution in [2.24, 2.45) is 0 Å². The van der Waals surface area contributed by atoms with E-state index in [0.717, 1.165) is 0 Å². The summed E-state index contributed by atoms with van der Waals surface area (Å²) in [6.45, 7) is 5.56. The second-order valence-corrected chi connectivity index (χ2v) is 2.30. The SMILES string of the molecule is C=C\C=C/C=C\C=C\C=C\C=C/C. The monoisotopic (exact) mass is 172 g/mol. The fourth-order valence-electron chi connectivity index (χ4n) is 0.639. The largest absolute Gasteiger partial charge is 0.0991 e. The Balaban J connectivity index is 3.68. The van der Waals surface area contributed by atoms with Crippen LogP contribution in [0.1, 0.15) is 6.92 Å². The van der Waals surface area contributed by atoms with Crippen molar-refractivity contribution in [1.82, 2.24) is 0 Å². The van der Waals surface area contributed by atoms with E-state index < -0.39 is 0 Å². The summed E-state index contributed by atoms with van der Waals surface area (Å²) in [6, 6.07) is 0. The van der Waals surface area contributed by atoms with Gasteiger partial charge in [-0.25, -0.2) is 0 Å². The van der Waals surface area contributed by atoms with Crippen LogP contribution in [-0.4, -0.2) is 0 Å². The highest BCUT2D eigenvalue weighted by Crippen LogP contribution is 1.83. The molecule has 68 valence electrons. The van der Waals surface area contributed by atoms with Gasteiger partial charge in [0.25, 0.3) is 0 Å². The Bertz CT molecular complexity index is 247. The van der Waals surface area contributed by atoms with Gasteiger partial charge in [0.1, 0.15) is 0 Å². The Morgan fingerprint density at radius 2 is 1.00 bits per heavy atom. The minimum Gasteiger partial charge on any atom is -0.0991 e. The quantitative estimate of drug-likeness (QED) is 0.550. The molecule has 0 spiro atoms. The molecule has 0 N–H and O–H groups in total. The van der Waals surface area contributed by atoms with Crippen molar-refractivity contribution in [2.45, 2.75) is 6.92 Å². The molecule has 0 aromatic carbocycles. The van der Waals surface area contributed by atoms with Gasteiger partial charge >= 0.3 is 0 Å². The molecule has 0 aromatic heterocycles. The van der Waals surface area contributed by atoms with Crippen molar-refractivity contribution in [2.75, 3.05) is 0 Å². The molecular formula is C13H16. The minimum absolute atomic E-state index is 1.75. The summed E-state index contributed by atoms with van der Waals surface area (Å²) in [6.07, 6.45) is 21.4. The molecule has 0 radical (unpaired) electrons. The van der Waals surface area contributed by atoms with Crippen LogP contribution in [0.5, 0.6) is 0 Å². The normalized spacial score (nSPS) is 13.3. The first-order valence-corrected chi connectivity index (χ1v) is 4.32. The molecule has 0 saturated heterocycles. The molecule has 0 saturated carbocycles. The van der Waals surface area contributed by atoms with Crippen LogP contribution in [0.2, 0.25) is 0 Å². The van der Waals surface area contributed by atoms with E-state index in [1.165, 1.54) is 0 Å². The molecule has 0 rings (SSSR count).